The van der Waals surface area contributed by atoms with E-state index in [-0.39, 0.29) is 29.5 Å². The van der Waals surface area contributed by atoms with Gasteiger partial charge in [0.05, 0.1) is 28.1 Å². The van der Waals surface area contributed by atoms with Gasteiger partial charge in [-0.3, -0.25) is 9.69 Å². The summed E-state index contributed by atoms with van der Waals surface area (Å²) in [5, 5.41) is 0.418. The maximum atomic E-state index is 13.1. The molecule has 0 spiro atoms. The fourth-order valence-electron chi connectivity index (χ4n) is 3.87. The fraction of sp³-hybridized carbons (Fsp3) is 0.611. The highest BCUT2D eigenvalue weighted by Gasteiger charge is 2.48. The van der Waals surface area contributed by atoms with Crippen LogP contribution in [0.25, 0.3) is 0 Å². The fourth-order valence-corrected chi connectivity index (χ4v) is 6.08. The van der Waals surface area contributed by atoms with E-state index < -0.39 is 9.84 Å². The van der Waals surface area contributed by atoms with E-state index in [9.17, 15) is 13.2 Å². The number of halogens is 1. The second-order valence-electron chi connectivity index (χ2n) is 7.08. The molecule has 1 aromatic carbocycles. The Labute approximate surface area is 154 Å². The molecule has 7 heteroatoms. The normalized spacial score (nSPS) is 25.8. The molecule has 0 aliphatic carbocycles. The predicted molar refractivity (Wildman–Crippen MR) is 99.9 cm³/mol. The summed E-state index contributed by atoms with van der Waals surface area (Å²) in [6.07, 6.45) is 2.11. The van der Waals surface area contributed by atoms with Gasteiger partial charge in [0, 0.05) is 19.1 Å². The molecule has 2 fully saturated rings. The second kappa shape index (κ2) is 7.25. The monoisotopic (exact) mass is 384 g/mol. The molecule has 2 saturated heterocycles. The Kier molecular flexibility index (Phi) is 5.42. The van der Waals surface area contributed by atoms with Crippen LogP contribution in [-0.2, 0) is 9.84 Å². The lowest BCUT2D eigenvalue weighted by molar-refractivity contribution is 0.0328. The molecule has 0 N–H and O–H groups in total. The molecule has 0 saturated carbocycles. The van der Waals surface area contributed by atoms with Gasteiger partial charge in [-0.1, -0.05) is 36.6 Å². The van der Waals surface area contributed by atoms with E-state index in [1.807, 2.05) is 13.0 Å². The van der Waals surface area contributed by atoms with Crippen LogP contribution in [0.5, 0.6) is 0 Å². The number of unbranched alkanes of at least 4 members (excludes halogenated alkanes) is 1. The standard InChI is InChI=1S/C18H25ClN2O3S/c1-3-4-7-20-8-9-21(17-12-25(23,24)11-16(17)20)18(22)14-10-13(2)5-6-15(14)19/h5-6,10,16-17H,3-4,7-9,11-12H2,1-2H3/t16-,17+/m1/s1. The number of fused-ring (bicyclic) bond motifs is 1. The van der Waals surface area contributed by atoms with E-state index in [0.717, 1.165) is 24.9 Å². The molecule has 0 aromatic heterocycles. The highest BCUT2D eigenvalue weighted by molar-refractivity contribution is 7.91. The predicted octanol–water partition coefficient (Wildman–Crippen LogP) is 2.37. The van der Waals surface area contributed by atoms with Crippen LogP contribution in [0.1, 0.15) is 35.7 Å². The summed E-state index contributed by atoms with van der Waals surface area (Å²) in [5.74, 6) is 0.0401. The number of hydrogen-bond donors (Lipinski definition) is 0. The summed E-state index contributed by atoms with van der Waals surface area (Å²) in [6.45, 7) is 6.19. The summed E-state index contributed by atoms with van der Waals surface area (Å²) in [4.78, 5) is 17.1. The molecule has 1 amide bonds. The topological polar surface area (TPSA) is 57.7 Å². The summed E-state index contributed by atoms with van der Waals surface area (Å²) in [7, 11) is -3.12. The van der Waals surface area contributed by atoms with Crippen molar-refractivity contribution in [1.29, 1.82) is 0 Å². The third kappa shape index (κ3) is 3.86. The van der Waals surface area contributed by atoms with Crippen molar-refractivity contribution in [2.75, 3.05) is 31.1 Å². The third-order valence-electron chi connectivity index (χ3n) is 5.20. The summed E-state index contributed by atoms with van der Waals surface area (Å²) >= 11 is 6.23. The van der Waals surface area contributed by atoms with Gasteiger partial charge in [0.15, 0.2) is 9.84 Å². The first-order chi connectivity index (χ1) is 11.8. The molecule has 3 rings (SSSR count). The Morgan fingerprint density at radius 3 is 2.68 bits per heavy atom. The first-order valence-electron chi connectivity index (χ1n) is 8.84. The van der Waals surface area contributed by atoms with Gasteiger partial charge in [0.25, 0.3) is 5.91 Å². The highest BCUT2D eigenvalue weighted by atomic mass is 35.5. The van der Waals surface area contributed by atoms with Crippen LogP contribution in [0.4, 0.5) is 0 Å². The molecule has 2 aliphatic heterocycles. The smallest absolute Gasteiger partial charge is 0.255 e. The first kappa shape index (κ1) is 18.7. The van der Waals surface area contributed by atoms with Gasteiger partial charge < -0.3 is 4.90 Å². The number of benzene rings is 1. The molecule has 2 heterocycles. The molecule has 0 unspecified atom stereocenters. The zero-order chi connectivity index (χ0) is 18.2. The molecule has 0 radical (unpaired) electrons. The Balaban J connectivity index is 1.87. The van der Waals surface area contributed by atoms with Crippen LogP contribution < -0.4 is 0 Å². The van der Waals surface area contributed by atoms with Gasteiger partial charge >= 0.3 is 0 Å². The SMILES string of the molecule is CCCCN1CCN(C(=O)c2cc(C)ccc2Cl)[C@H]2CS(=O)(=O)C[C@H]21. The first-order valence-corrected chi connectivity index (χ1v) is 11.0. The van der Waals surface area contributed by atoms with Crippen molar-refractivity contribution in [2.45, 2.75) is 38.8 Å². The van der Waals surface area contributed by atoms with E-state index in [1.54, 1.807) is 17.0 Å². The number of rotatable bonds is 4. The minimum absolute atomic E-state index is 0.0511. The number of piperazine rings is 1. The van der Waals surface area contributed by atoms with Gasteiger partial charge in [-0.05, 0) is 32.0 Å². The largest absolute Gasteiger partial charge is 0.332 e. The van der Waals surface area contributed by atoms with E-state index in [0.29, 0.717) is 23.7 Å². The maximum Gasteiger partial charge on any atom is 0.255 e. The third-order valence-corrected chi connectivity index (χ3v) is 7.23. The molecular weight excluding hydrogens is 360 g/mol. The lowest BCUT2D eigenvalue weighted by Gasteiger charge is -2.44. The van der Waals surface area contributed by atoms with E-state index in [4.69, 9.17) is 11.6 Å². The van der Waals surface area contributed by atoms with E-state index >= 15 is 0 Å². The number of amides is 1. The molecule has 138 valence electrons. The number of nitrogens with zero attached hydrogens (tertiary/aromatic N) is 2. The van der Waals surface area contributed by atoms with E-state index in [2.05, 4.69) is 11.8 Å². The Morgan fingerprint density at radius 1 is 1.24 bits per heavy atom. The van der Waals surface area contributed by atoms with Crippen molar-refractivity contribution in [2.24, 2.45) is 0 Å². The number of hydrogen-bond acceptors (Lipinski definition) is 4. The minimum atomic E-state index is -3.12. The Morgan fingerprint density at radius 2 is 1.96 bits per heavy atom. The average molecular weight is 385 g/mol. The molecule has 0 bridgehead atoms. The number of carbonyl (C=O) groups is 1. The lowest BCUT2D eigenvalue weighted by atomic mass is 10.0. The number of sulfone groups is 1. The van der Waals surface area contributed by atoms with Crippen LogP contribution in [0.15, 0.2) is 18.2 Å². The average Bonchev–Trinajstić information content (AvgIpc) is 2.89. The summed E-state index contributed by atoms with van der Waals surface area (Å²) < 4.78 is 24.5. The highest BCUT2D eigenvalue weighted by Crippen LogP contribution is 2.30. The molecule has 2 atom stereocenters. The molecule has 1 aromatic rings. The molecule has 5 nitrogen and oxygen atoms in total. The Bertz CT molecular complexity index is 766. The molecule has 2 aliphatic rings. The van der Waals surface area contributed by atoms with Crippen LogP contribution in [0.3, 0.4) is 0 Å². The minimum Gasteiger partial charge on any atom is -0.332 e. The zero-order valence-corrected chi connectivity index (χ0v) is 16.3. The molecular formula is C18H25ClN2O3S. The van der Waals surface area contributed by atoms with Crippen LogP contribution in [0.2, 0.25) is 5.02 Å². The Hall–Kier alpha value is -1.11. The number of aryl methyl sites for hydroxylation is 1. The lowest BCUT2D eigenvalue weighted by Crippen LogP contribution is -2.60. The van der Waals surface area contributed by atoms with Crippen molar-refractivity contribution in [3.63, 3.8) is 0 Å². The van der Waals surface area contributed by atoms with Crippen molar-refractivity contribution < 1.29 is 13.2 Å². The number of carbonyl (C=O) groups excluding carboxylic acids is 1. The quantitative estimate of drug-likeness (QED) is 0.799. The van der Waals surface area contributed by atoms with Crippen LogP contribution in [-0.4, -0.2) is 67.3 Å². The van der Waals surface area contributed by atoms with Gasteiger partial charge in [-0.15, -0.1) is 0 Å². The zero-order valence-electron chi connectivity index (χ0n) is 14.7. The van der Waals surface area contributed by atoms with Gasteiger partial charge in [0.2, 0.25) is 0 Å². The van der Waals surface area contributed by atoms with Gasteiger partial charge in [-0.2, -0.15) is 0 Å². The van der Waals surface area contributed by atoms with Crippen molar-refractivity contribution in [3.05, 3.63) is 34.3 Å². The second-order valence-corrected chi connectivity index (χ2v) is 9.64. The van der Waals surface area contributed by atoms with E-state index in [1.165, 1.54) is 0 Å². The van der Waals surface area contributed by atoms with Crippen LogP contribution >= 0.6 is 11.6 Å². The van der Waals surface area contributed by atoms with Crippen LogP contribution in [0, 0.1) is 6.92 Å². The molecule has 25 heavy (non-hydrogen) atoms. The van der Waals surface area contributed by atoms with Crippen molar-refractivity contribution >= 4 is 27.3 Å². The maximum absolute atomic E-state index is 13.1. The van der Waals surface area contributed by atoms with Crippen molar-refractivity contribution in [3.8, 4) is 0 Å². The van der Waals surface area contributed by atoms with Gasteiger partial charge in [0.1, 0.15) is 0 Å². The van der Waals surface area contributed by atoms with Crippen molar-refractivity contribution in [1.82, 2.24) is 9.80 Å². The summed E-state index contributed by atoms with van der Waals surface area (Å²) in [5.41, 5.74) is 1.43. The van der Waals surface area contributed by atoms with Gasteiger partial charge in [-0.25, -0.2) is 8.42 Å². The summed E-state index contributed by atoms with van der Waals surface area (Å²) in [6, 6.07) is 5.00.